The van der Waals surface area contributed by atoms with Crippen molar-refractivity contribution in [3.8, 4) is 11.5 Å². The van der Waals surface area contributed by atoms with Gasteiger partial charge in [0, 0.05) is 27.4 Å². The first kappa shape index (κ1) is 21.8. The molecule has 1 N–H and O–H groups in total. The number of amides is 2. The van der Waals surface area contributed by atoms with Gasteiger partial charge in [-0.3, -0.25) is 9.59 Å². The van der Waals surface area contributed by atoms with Gasteiger partial charge in [0.1, 0.15) is 23.9 Å². The standard InChI is InChI=1S/C24H20BrFN2O4/c1-31-18-9-15(10-19(12-18)32-2)24(30)28-13-22(29)27-21-8-5-16(25)11-20(21)23(28)14-3-6-17(26)7-4-14/h3-12,23H,13H2,1-2H3,(H,27,29)/t23-/m0/s1. The molecule has 1 atom stereocenters. The summed E-state index contributed by atoms with van der Waals surface area (Å²) >= 11 is 3.47. The molecule has 6 nitrogen and oxygen atoms in total. The summed E-state index contributed by atoms with van der Waals surface area (Å²) in [6, 6.07) is 15.6. The van der Waals surface area contributed by atoms with Gasteiger partial charge < -0.3 is 19.7 Å². The van der Waals surface area contributed by atoms with Crippen LogP contribution in [0.25, 0.3) is 0 Å². The molecule has 0 aliphatic carbocycles. The van der Waals surface area contributed by atoms with E-state index in [9.17, 15) is 14.0 Å². The van der Waals surface area contributed by atoms with Crippen molar-refractivity contribution in [3.63, 3.8) is 0 Å². The predicted molar refractivity (Wildman–Crippen MR) is 122 cm³/mol. The number of rotatable bonds is 4. The number of methoxy groups -OCH3 is 2. The second-order valence-corrected chi connectivity index (χ2v) is 8.18. The molecule has 3 aromatic carbocycles. The van der Waals surface area contributed by atoms with E-state index in [2.05, 4.69) is 21.2 Å². The summed E-state index contributed by atoms with van der Waals surface area (Å²) in [4.78, 5) is 27.9. The number of benzene rings is 3. The zero-order valence-corrected chi connectivity index (χ0v) is 19.0. The molecule has 4 rings (SSSR count). The lowest BCUT2D eigenvalue weighted by Gasteiger charge is -2.31. The second kappa shape index (κ2) is 9.00. The number of halogens is 2. The number of anilines is 1. The van der Waals surface area contributed by atoms with Crippen molar-refractivity contribution in [3.05, 3.63) is 87.6 Å². The normalized spacial score (nSPS) is 15.4. The molecule has 164 valence electrons. The molecule has 1 aliphatic heterocycles. The average Bonchev–Trinajstić information content (AvgIpc) is 2.94. The molecule has 0 saturated carbocycles. The fourth-order valence-corrected chi connectivity index (χ4v) is 4.15. The van der Waals surface area contributed by atoms with Crippen molar-refractivity contribution >= 4 is 33.4 Å². The molecule has 0 radical (unpaired) electrons. The summed E-state index contributed by atoms with van der Waals surface area (Å²) in [7, 11) is 3.00. The van der Waals surface area contributed by atoms with E-state index in [-0.39, 0.29) is 24.2 Å². The van der Waals surface area contributed by atoms with Crippen LogP contribution in [0.2, 0.25) is 0 Å². The molecule has 0 bridgehead atoms. The molecular formula is C24H20BrFN2O4. The third-order valence-corrected chi connectivity index (χ3v) is 5.75. The number of carbonyl (C=O) groups is 2. The van der Waals surface area contributed by atoms with Crippen molar-refractivity contribution in [1.29, 1.82) is 0 Å². The van der Waals surface area contributed by atoms with E-state index >= 15 is 0 Å². The lowest BCUT2D eigenvalue weighted by Crippen LogP contribution is -2.39. The van der Waals surface area contributed by atoms with Gasteiger partial charge in [-0.2, -0.15) is 0 Å². The molecule has 1 heterocycles. The molecule has 8 heteroatoms. The highest BCUT2D eigenvalue weighted by Crippen LogP contribution is 2.38. The molecule has 0 saturated heterocycles. The first-order chi connectivity index (χ1) is 15.4. The summed E-state index contributed by atoms with van der Waals surface area (Å²) in [6.07, 6.45) is 0. The highest BCUT2D eigenvalue weighted by Gasteiger charge is 2.34. The Hall–Kier alpha value is -3.39. The zero-order chi connectivity index (χ0) is 22.8. The van der Waals surface area contributed by atoms with E-state index in [0.717, 1.165) is 4.47 Å². The van der Waals surface area contributed by atoms with Crippen LogP contribution in [0.3, 0.4) is 0 Å². The molecule has 3 aromatic rings. The van der Waals surface area contributed by atoms with E-state index < -0.39 is 6.04 Å². The van der Waals surface area contributed by atoms with Gasteiger partial charge in [0.05, 0.1) is 20.3 Å². The van der Waals surface area contributed by atoms with Crippen LogP contribution in [0.4, 0.5) is 10.1 Å². The number of hydrogen-bond acceptors (Lipinski definition) is 4. The Balaban J connectivity index is 1.89. The van der Waals surface area contributed by atoms with Crippen LogP contribution in [0.5, 0.6) is 11.5 Å². The maximum atomic E-state index is 13.7. The van der Waals surface area contributed by atoms with Crippen molar-refractivity contribution in [2.75, 3.05) is 26.1 Å². The van der Waals surface area contributed by atoms with Crippen LogP contribution in [0.1, 0.15) is 27.5 Å². The molecule has 0 unspecified atom stereocenters. The Morgan fingerprint density at radius 2 is 1.69 bits per heavy atom. The number of nitrogens with one attached hydrogen (secondary N) is 1. The summed E-state index contributed by atoms with van der Waals surface area (Å²) in [6.45, 7) is -0.188. The topological polar surface area (TPSA) is 67.9 Å². The predicted octanol–water partition coefficient (Wildman–Crippen LogP) is 4.79. The van der Waals surface area contributed by atoms with Crippen LogP contribution in [0.15, 0.2) is 65.1 Å². The van der Waals surface area contributed by atoms with E-state index in [1.807, 2.05) is 12.1 Å². The monoisotopic (exact) mass is 498 g/mol. The average molecular weight is 499 g/mol. The summed E-state index contributed by atoms with van der Waals surface area (Å²) in [5, 5.41) is 2.87. The summed E-state index contributed by atoms with van der Waals surface area (Å²) in [5.74, 6) is -0.204. The third kappa shape index (κ3) is 4.31. The van der Waals surface area contributed by atoms with Gasteiger partial charge in [-0.05, 0) is 48.0 Å². The van der Waals surface area contributed by atoms with E-state index in [1.165, 1.54) is 31.3 Å². The minimum absolute atomic E-state index is 0.188. The first-order valence-corrected chi connectivity index (χ1v) is 10.6. The van der Waals surface area contributed by atoms with Crippen molar-refractivity contribution in [2.45, 2.75) is 6.04 Å². The fourth-order valence-electron chi connectivity index (χ4n) is 3.77. The van der Waals surface area contributed by atoms with Gasteiger partial charge >= 0.3 is 0 Å². The number of nitrogens with zero attached hydrogens (tertiary/aromatic N) is 1. The van der Waals surface area contributed by atoms with Crippen LogP contribution in [-0.2, 0) is 4.79 Å². The highest BCUT2D eigenvalue weighted by molar-refractivity contribution is 9.10. The van der Waals surface area contributed by atoms with Gasteiger partial charge in [-0.25, -0.2) is 4.39 Å². The van der Waals surface area contributed by atoms with E-state index in [0.29, 0.717) is 33.9 Å². The van der Waals surface area contributed by atoms with Gasteiger partial charge in [0.15, 0.2) is 0 Å². The Bertz CT molecular complexity index is 1160. The Morgan fingerprint density at radius 1 is 1.03 bits per heavy atom. The lowest BCUT2D eigenvalue weighted by molar-refractivity contribution is -0.117. The van der Waals surface area contributed by atoms with Gasteiger partial charge in [-0.15, -0.1) is 0 Å². The molecule has 1 aliphatic rings. The number of fused-ring (bicyclic) bond motifs is 1. The van der Waals surface area contributed by atoms with Crippen molar-refractivity contribution < 1.29 is 23.5 Å². The Morgan fingerprint density at radius 3 is 2.31 bits per heavy atom. The van der Waals surface area contributed by atoms with Crippen LogP contribution < -0.4 is 14.8 Å². The van der Waals surface area contributed by atoms with Crippen LogP contribution in [0, 0.1) is 5.82 Å². The number of hydrogen-bond donors (Lipinski definition) is 1. The van der Waals surface area contributed by atoms with Gasteiger partial charge in [0.2, 0.25) is 5.91 Å². The Kier molecular flexibility index (Phi) is 6.14. The zero-order valence-electron chi connectivity index (χ0n) is 17.4. The largest absolute Gasteiger partial charge is 0.497 e. The van der Waals surface area contributed by atoms with Crippen LogP contribution >= 0.6 is 15.9 Å². The number of ether oxygens (including phenoxy) is 2. The molecule has 0 spiro atoms. The lowest BCUT2D eigenvalue weighted by atomic mass is 9.95. The van der Waals surface area contributed by atoms with Gasteiger partial charge in [-0.1, -0.05) is 28.1 Å². The highest BCUT2D eigenvalue weighted by atomic mass is 79.9. The molecule has 2 amide bonds. The Labute approximate surface area is 193 Å². The minimum atomic E-state index is -0.633. The van der Waals surface area contributed by atoms with Gasteiger partial charge in [0.25, 0.3) is 5.91 Å². The van der Waals surface area contributed by atoms with E-state index in [4.69, 9.17) is 9.47 Å². The minimum Gasteiger partial charge on any atom is -0.497 e. The quantitative estimate of drug-likeness (QED) is 0.561. The molecule has 32 heavy (non-hydrogen) atoms. The SMILES string of the molecule is COc1cc(OC)cc(C(=O)N2CC(=O)Nc3ccc(Br)cc3[C@@H]2c2ccc(F)cc2)c1. The fraction of sp³-hybridized carbons (Fsp3) is 0.167. The molecular weight excluding hydrogens is 479 g/mol. The third-order valence-electron chi connectivity index (χ3n) is 5.25. The van der Waals surface area contributed by atoms with Crippen molar-refractivity contribution in [2.24, 2.45) is 0 Å². The van der Waals surface area contributed by atoms with E-state index in [1.54, 1.807) is 36.4 Å². The maximum absolute atomic E-state index is 13.7. The maximum Gasteiger partial charge on any atom is 0.255 e. The van der Waals surface area contributed by atoms with Crippen LogP contribution in [-0.4, -0.2) is 37.5 Å². The van der Waals surface area contributed by atoms with Crippen molar-refractivity contribution in [1.82, 2.24) is 4.90 Å². The molecule has 0 aromatic heterocycles. The summed E-state index contributed by atoms with van der Waals surface area (Å²) < 4.78 is 25.0. The first-order valence-electron chi connectivity index (χ1n) is 9.78. The number of carbonyl (C=O) groups excluding carboxylic acids is 2. The smallest absolute Gasteiger partial charge is 0.255 e. The summed E-state index contributed by atoms with van der Waals surface area (Å²) in [5.41, 5.74) is 2.27. The second-order valence-electron chi connectivity index (χ2n) is 7.27. The molecule has 0 fully saturated rings.